The SMILES string of the molecule is C1=CNC2=COc3cccnc3C2=C1.Cl. The largest absolute Gasteiger partial charge is 0.461 e. The molecular weight excluding hydrogens is 212 g/mol. The Morgan fingerprint density at radius 3 is 3.20 bits per heavy atom. The van der Waals surface area contributed by atoms with Crippen LogP contribution in [0.2, 0.25) is 0 Å². The van der Waals surface area contributed by atoms with Crippen molar-refractivity contribution in [3.63, 3.8) is 0 Å². The summed E-state index contributed by atoms with van der Waals surface area (Å²) in [6, 6.07) is 3.78. The monoisotopic (exact) mass is 220 g/mol. The van der Waals surface area contributed by atoms with Crippen LogP contribution in [-0.2, 0) is 0 Å². The molecule has 0 aliphatic carbocycles. The van der Waals surface area contributed by atoms with Gasteiger partial charge in [0.2, 0.25) is 0 Å². The van der Waals surface area contributed by atoms with Crippen LogP contribution < -0.4 is 10.1 Å². The Hall–Kier alpha value is -1.74. The molecule has 15 heavy (non-hydrogen) atoms. The van der Waals surface area contributed by atoms with E-state index in [-0.39, 0.29) is 12.4 Å². The minimum absolute atomic E-state index is 0. The minimum Gasteiger partial charge on any atom is -0.461 e. The third-order valence-electron chi connectivity index (χ3n) is 2.22. The van der Waals surface area contributed by atoms with Gasteiger partial charge in [0.05, 0.1) is 5.70 Å². The molecule has 3 nitrogen and oxygen atoms in total. The van der Waals surface area contributed by atoms with Crippen LogP contribution in [0.5, 0.6) is 5.75 Å². The zero-order valence-corrected chi connectivity index (χ0v) is 8.62. The quantitative estimate of drug-likeness (QED) is 0.728. The van der Waals surface area contributed by atoms with Crippen molar-refractivity contribution in [3.05, 3.63) is 54.3 Å². The Kier molecular flexibility index (Phi) is 2.47. The van der Waals surface area contributed by atoms with Crippen LogP contribution >= 0.6 is 12.4 Å². The maximum absolute atomic E-state index is 5.43. The highest BCUT2D eigenvalue weighted by atomic mass is 35.5. The highest BCUT2D eigenvalue weighted by Crippen LogP contribution is 2.33. The molecule has 1 aromatic rings. The Labute approximate surface area is 93.6 Å². The summed E-state index contributed by atoms with van der Waals surface area (Å²) in [6.45, 7) is 0. The van der Waals surface area contributed by atoms with Crippen molar-refractivity contribution < 1.29 is 4.74 Å². The van der Waals surface area contributed by atoms with Gasteiger partial charge in [0.15, 0.2) is 5.75 Å². The molecule has 2 aliphatic rings. The topological polar surface area (TPSA) is 34.1 Å². The highest BCUT2D eigenvalue weighted by molar-refractivity contribution is 5.85. The number of nitrogens with one attached hydrogen (secondary N) is 1. The number of rotatable bonds is 0. The minimum atomic E-state index is 0. The second-order valence-electron chi connectivity index (χ2n) is 3.08. The summed E-state index contributed by atoms with van der Waals surface area (Å²) in [5, 5.41) is 3.11. The van der Waals surface area contributed by atoms with Crippen LogP contribution in [0.25, 0.3) is 5.57 Å². The number of hydrogen-bond donors (Lipinski definition) is 1. The van der Waals surface area contributed by atoms with E-state index in [1.807, 2.05) is 30.5 Å². The zero-order valence-electron chi connectivity index (χ0n) is 7.81. The van der Waals surface area contributed by atoms with Crippen molar-refractivity contribution in [2.75, 3.05) is 0 Å². The van der Waals surface area contributed by atoms with Crippen molar-refractivity contribution in [1.82, 2.24) is 10.3 Å². The standard InChI is InChI=1S/C11H8N2O.ClH/c1-3-8-9(12-5-1)7-14-10-4-2-6-13-11(8)10;/h1-7,12H;1H. The lowest BCUT2D eigenvalue weighted by molar-refractivity contribution is 0.464. The van der Waals surface area contributed by atoms with E-state index in [9.17, 15) is 0 Å². The number of allylic oxidation sites excluding steroid dienone is 3. The van der Waals surface area contributed by atoms with E-state index in [2.05, 4.69) is 10.3 Å². The number of nitrogens with zero attached hydrogens (tertiary/aromatic N) is 1. The van der Waals surface area contributed by atoms with Crippen LogP contribution in [0.15, 0.2) is 48.6 Å². The molecule has 1 aromatic heterocycles. The van der Waals surface area contributed by atoms with E-state index < -0.39 is 0 Å². The third-order valence-corrected chi connectivity index (χ3v) is 2.22. The van der Waals surface area contributed by atoms with E-state index >= 15 is 0 Å². The van der Waals surface area contributed by atoms with Gasteiger partial charge in [-0.05, 0) is 24.3 Å². The van der Waals surface area contributed by atoms with Gasteiger partial charge in [-0.2, -0.15) is 0 Å². The molecule has 0 spiro atoms. The number of pyridine rings is 1. The van der Waals surface area contributed by atoms with Gasteiger partial charge in [0, 0.05) is 18.0 Å². The number of ether oxygens (including phenoxy) is 1. The lowest BCUT2D eigenvalue weighted by Crippen LogP contribution is -2.15. The summed E-state index contributed by atoms with van der Waals surface area (Å²) in [7, 11) is 0. The molecule has 76 valence electrons. The Morgan fingerprint density at radius 2 is 2.27 bits per heavy atom. The van der Waals surface area contributed by atoms with Gasteiger partial charge < -0.3 is 10.1 Å². The molecule has 2 aliphatic heterocycles. The lowest BCUT2D eigenvalue weighted by atomic mass is 10.0. The van der Waals surface area contributed by atoms with Crippen LogP contribution in [0.3, 0.4) is 0 Å². The van der Waals surface area contributed by atoms with Gasteiger partial charge in [-0.25, -0.2) is 0 Å². The van der Waals surface area contributed by atoms with E-state index in [4.69, 9.17) is 4.74 Å². The molecule has 0 aromatic carbocycles. The maximum Gasteiger partial charge on any atom is 0.152 e. The molecule has 0 atom stereocenters. The maximum atomic E-state index is 5.43. The highest BCUT2D eigenvalue weighted by Gasteiger charge is 2.19. The van der Waals surface area contributed by atoms with Gasteiger partial charge in [0.25, 0.3) is 0 Å². The molecule has 3 heterocycles. The fraction of sp³-hybridized carbons (Fsp3) is 0. The number of aromatic nitrogens is 1. The molecule has 0 unspecified atom stereocenters. The van der Waals surface area contributed by atoms with Crippen LogP contribution in [-0.4, -0.2) is 4.98 Å². The van der Waals surface area contributed by atoms with Crippen molar-refractivity contribution in [2.24, 2.45) is 0 Å². The van der Waals surface area contributed by atoms with Crippen molar-refractivity contribution in [3.8, 4) is 5.75 Å². The molecule has 0 amide bonds. The fourth-order valence-electron chi connectivity index (χ4n) is 1.56. The summed E-state index contributed by atoms with van der Waals surface area (Å²) in [5.41, 5.74) is 2.93. The first-order chi connectivity index (χ1) is 6.95. The second-order valence-corrected chi connectivity index (χ2v) is 3.08. The molecule has 0 saturated carbocycles. The first-order valence-corrected chi connectivity index (χ1v) is 4.41. The van der Waals surface area contributed by atoms with Crippen molar-refractivity contribution in [1.29, 1.82) is 0 Å². The summed E-state index contributed by atoms with van der Waals surface area (Å²) < 4.78 is 5.43. The second kappa shape index (κ2) is 3.79. The van der Waals surface area contributed by atoms with Crippen LogP contribution in [0.4, 0.5) is 0 Å². The average molecular weight is 221 g/mol. The normalized spacial score (nSPS) is 15.7. The van der Waals surface area contributed by atoms with E-state index in [1.165, 1.54) is 0 Å². The van der Waals surface area contributed by atoms with E-state index in [0.29, 0.717) is 0 Å². The van der Waals surface area contributed by atoms with Gasteiger partial charge in [-0.3, -0.25) is 4.98 Å². The molecule has 4 heteroatoms. The lowest BCUT2D eigenvalue weighted by Gasteiger charge is -2.20. The molecular formula is C11H9ClN2O. The fourth-order valence-corrected chi connectivity index (χ4v) is 1.56. The number of dihydropyridines is 1. The van der Waals surface area contributed by atoms with E-state index in [0.717, 1.165) is 22.7 Å². The molecule has 0 radical (unpaired) electrons. The van der Waals surface area contributed by atoms with Gasteiger partial charge in [-0.1, -0.05) is 0 Å². The summed E-state index contributed by atoms with van der Waals surface area (Å²) in [4.78, 5) is 4.30. The zero-order chi connectivity index (χ0) is 9.38. The smallest absolute Gasteiger partial charge is 0.152 e. The van der Waals surface area contributed by atoms with Gasteiger partial charge in [-0.15, -0.1) is 12.4 Å². The molecule has 0 fully saturated rings. The Morgan fingerprint density at radius 1 is 1.33 bits per heavy atom. The summed E-state index contributed by atoms with van der Waals surface area (Å²) >= 11 is 0. The van der Waals surface area contributed by atoms with Crippen molar-refractivity contribution >= 4 is 18.0 Å². The van der Waals surface area contributed by atoms with Crippen LogP contribution in [0, 0.1) is 0 Å². The number of hydrogen-bond acceptors (Lipinski definition) is 3. The number of halogens is 1. The summed E-state index contributed by atoms with van der Waals surface area (Å²) in [6.07, 6.45) is 9.32. The molecule has 3 rings (SSSR count). The van der Waals surface area contributed by atoms with Gasteiger partial charge in [0.1, 0.15) is 12.0 Å². The van der Waals surface area contributed by atoms with E-state index in [1.54, 1.807) is 12.5 Å². The first kappa shape index (κ1) is 9.80. The van der Waals surface area contributed by atoms with Gasteiger partial charge >= 0.3 is 0 Å². The molecule has 1 N–H and O–H groups in total. The molecule has 0 saturated heterocycles. The predicted molar refractivity (Wildman–Crippen MR) is 60.4 cm³/mol. The third kappa shape index (κ3) is 1.51. The average Bonchev–Trinajstić information content (AvgIpc) is 2.29. The van der Waals surface area contributed by atoms with Crippen LogP contribution in [0.1, 0.15) is 5.69 Å². The Bertz CT molecular complexity index is 477. The molecule has 0 bridgehead atoms. The predicted octanol–water partition coefficient (Wildman–Crippen LogP) is 2.24. The summed E-state index contributed by atoms with van der Waals surface area (Å²) in [5.74, 6) is 0.805. The van der Waals surface area contributed by atoms with Crippen molar-refractivity contribution in [2.45, 2.75) is 0 Å². The Balaban J connectivity index is 0.000000853. The number of fused-ring (bicyclic) bond motifs is 3. The first-order valence-electron chi connectivity index (χ1n) is 4.41.